The standard InChI is InChI=1S/C17H24N4O3S2/c22-17-20(11-10-18-26(23,24)14-5-2-1-3-6-14)19-16(15-7-4-12-25-15)21(17)13-8-9-13/h4,7,12-14,18H,1-3,5-6,8-11H2. The molecular formula is C17H24N4O3S2. The average molecular weight is 397 g/mol. The molecule has 2 aromatic rings. The molecule has 1 N–H and O–H groups in total. The van der Waals surface area contributed by atoms with Crippen molar-refractivity contribution < 1.29 is 8.42 Å². The fourth-order valence-corrected chi connectivity index (χ4v) is 5.86. The molecule has 2 aromatic heterocycles. The van der Waals surface area contributed by atoms with Gasteiger partial charge in [0.2, 0.25) is 10.0 Å². The fraction of sp³-hybridized carbons (Fsp3) is 0.647. The molecule has 9 heteroatoms. The molecule has 0 bridgehead atoms. The van der Waals surface area contributed by atoms with Crippen LogP contribution < -0.4 is 10.4 Å². The Bertz CT molecular complexity index is 904. The summed E-state index contributed by atoms with van der Waals surface area (Å²) in [4.78, 5) is 13.7. The molecule has 2 fully saturated rings. The summed E-state index contributed by atoms with van der Waals surface area (Å²) in [5.41, 5.74) is -0.146. The average Bonchev–Trinajstić information content (AvgIpc) is 3.21. The van der Waals surface area contributed by atoms with Gasteiger partial charge in [-0.25, -0.2) is 22.6 Å². The third-order valence-electron chi connectivity index (χ3n) is 5.14. The molecule has 7 nitrogen and oxygen atoms in total. The molecule has 0 unspecified atom stereocenters. The molecule has 26 heavy (non-hydrogen) atoms. The van der Waals surface area contributed by atoms with Crippen LogP contribution in [0.25, 0.3) is 10.7 Å². The molecule has 0 spiro atoms. The maximum atomic E-state index is 12.7. The van der Waals surface area contributed by atoms with E-state index in [9.17, 15) is 13.2 Å². The van der Waals surface area contributed by atoms with E-state index >= 15 is 0 Å². The Kier molecular flexibility index (Phi) is 5.02. The van der Waals surface area contributed by atoms with Gasteiger partial charge in [0.25, 0.3) is 0 Å². The van der Waals surface area contributed by atoms with Crippen molar-refractivity contribution in [1.29, 1.82) is 0 Å². The Balaban J connectivity index is 1.47. The first-order chi connectivity index (χ1) is 12.6. The van der Waals surface area contributed by atoms with Gasteiger partial charge in [0.1, 0.15) is 0 Å². The smallest absolute Gasteiger partial charge is 0.271 e. The maximum Gasteiger partial charge on any atom is 0.346 e. The van der Waals surface area contributed by atoms with Gasteiger partial charge in [-0.2, -0.15) is 0 Å². The van der Waals surface area contributed by atoms with Crippen LogP contribution in [0.4, 0.5) is 0 Å². The van der Waals surface area contributed by atoms with Crippen LogP contribution in [-0.4, -0.2) is 34.6 Å². The summed E-state index contributed by atoms with van der Waals surface area (Å²) >= 11 is 1.56. The monoisotopic (exact) mass is 396 g/mol. The number of aromatic nitrogens is 3. The molecule has 0 amide bonds. The fourth-order valence-electron chi connectivity index (χ4n) is 3.59. The van der Waals surface area contributed by atoms with Crippen LogP contribution in [-0.2, 0) is 16.6 Å². The second-order valence-electron chi connectivity index (χ2n) is 7.11. The van der Waals surface area contributed by atoms with Crippen LogP contribution >= 0.6 is 11.3 Å². The normalized spacial score (nSPS) is 19.1. The van der Waals surface area contributed by atoms with Crippen LogP contribution in [0.15, 0.2) is 22.3 Å². The molecule has 2 aliphatic carbocycles. The van der Waals surface area contributed by atoms with Crippen LogP contribution in [0.2, 0.25) is 0 Å². The molecule has 142 valence electrons. The number of nitrogens with zero attached hydrogens (tertiary/aromatic N) is 3. The van der Waals surface area contributed by atoms with E-state index in [0.717, 1.165) is 49.8 Å². The molecule has 0 atom stereocenters. The van der Waals surface area contributed by atoms with E-state index in [0.29, 0.717) is 5.82 Å². The van der Waals surface area contributed by atoms with Gasteiger partial charge < -0.3 is 0 Å². The van der Waals surface area contributed by atoms with Gasteiger partial charge in [-0.3, -0.25) is 4.57 Å². The van der Waals surface area contributed by atoms with Crippen molar-refractivity contribution in [2.24, 2.45) is 0 Å². The highest BCUT2D eigenvalue weighted by atomic mass is 32.2. The highest BCUT2D eigenvalue weighted by Gasteiger charge is 2.31. The van der Waals surface area contributed by atoms with E-state index in [2.05, 4.69) is 9.82 Å². The molecular weight excluding hydrogens is 372 g/mol. The van der Waals surface area contributed by atoms with E-state index in [1.165, 1.54) is 4.68 Å². The van der Waals surface area contributed by atoms with Gasteiger partial charge in [-0.1, -0.05) is 25.3 Å². The Labute approximate surface area is 157 Å². The Morgan fingerprint density at radius 3 is 2.62 bits per heavy atom. The summed E-state index contributed by atoms with van der Waals surface area (Å²) in [6, 6.07) is 4.13. The zero-order valence-corrected chi connectivity index (χ0v) is 16.3. The molecule has 0 saturated heterocycles. The number of sulfonamides is 1. The van der Waals surface area contributed by atoms with Crippen molar-refractivity contribution in [1.82, 2.24) is 19.1 Å². The zero-order chi connectivity index (χ0) is 18.1. The summed E-state index contributed by atoms with van der Waals surface area (Å²) in [5, 5.41) is 6.16. The lowest BCUT2D eigenvalue weighted by molar-refractivity contribution is 0.474. The van der Waals surface area contributed by atoms with Gasteiger partial charge in [0, 0.05) is 12.6 Å². The number of hydrogen-bond donors (Lipinski definition) is 1. The zero-order valence-electron chi connectivity index (χ0n) is 14.6. The SMILES string of the molecule is O=c1n(CCNS(=O)(=O)C2CCCCC2)nc(-c2cccs2)n1C1CC1. The van der Waals surface area contributed by atoms with E-state index < -0.39 is 10.0 Å². The van der Waals surface area contributed by atoms with Gasteiger partial charge in [-0.15, -0.1) is 16.4 Å². The van der Waals surface area contributed by atoms with Crippen molar-refractivity contribution in [3.8, 4) is 10.7 Å². The predicted molar refractivity (Wildman–Crippen MR) is 102 cm³/mol. The van der Waals surface area contributed by atoms with Gasteiger partial charge >= 0.3 is 5.69 Å². The van der Waals surface area contributed by atoms with Crippen LogP contribution in [0, 0.1) is 0 Å². The third-order valence-corrected chi connectivity index (χ3v) is 7.96. The van der Waals surface area contributed by atoms with Gasteiger partial charge in [0.05, 0.1) is 16.7 Å². The number of rotatable bonds is 7. The highest BCUT2D eigenvalue weighted by Crippen LogP contribution is 2.37. The lowest BCUT2D eigenvalue weighted by Gasteiger charge is -2.21. The van der Waals surface area contributed by atoms with Crippen LogP contribution in [0.5, 0.6) is 0 Å². The summed E-state index contributed by atoms with van der Waals surface area (Å²) < 4.78 is 30.7. The van der Waals surface area contributed by atoms with Crippen molar-refractivity contribution in [2.75, 3.05) is 6.54 Å². The van der Waals surface area contributed by atoms with Crippen molar-refractivity contribution >= 4 is 21.4 Å². The number of nitrogens with one attached hydrogen (secondary N) is 1. The molecule has 2 saturated carbocycles. The molecule has 2 heterocycles. The lowest BCUT2D eigenvalue weighted by atomic mass is 10.0. The summed E-state index contributed by atoms with van der Waals surface area (Å²) in [5.74, 6) is 0.697. The molecule has 0 aliphatic heterocycles. The second kappa shape index (κ2) is 7.28. The van der Waals surface area contributed by atoms with Crippen molar-refractivity contribution in [2.45, 2.75) is 62.8 Å². The molecule has 0 radical (unpaired) electrons. The Hall–Kier alpha value is -1.45. The minimum atomic E-state index is -3.31. The first kappa shape index (κ1) is 17.9. The van der Waals surface area contributed by atoms with Crippen molar-refractivity contribution in [3.63, 3.8) is 0 Å². The number of hydrogen-bond acceptors (Lipinski definition) is 5. The maximum absolute atomic E-state index is 12.7. The van der Waals surface area contributed by atoms with Crippen LogP contribution in [0.3, 0.4) is 0 Å². The van der Waals surface area contributed by atoms with E-state index in [-0.39, 0.29) is 30.1 Å². The summed E-state index contributed by atoms with van der Waals surface area (Å²) in [6.45, 7) is 0.452. The minimum Gasteiger partial charge on any atom is -0.271 e. The Morgan fingerprint density at radius 2 is 1.96 bits per heavy atom. The second-order valence-corrected chi connectivity index (χ2v) is 10.1. The third kappa shape index (κ3) is 3.65. The topological polar surface area (TPSA) is 86.0 Å². The molecule has 0 aromatic carbocycles. The quantitative estimate of drug-likeness (QED) is 0.778. The first-order valence-electron chi connectivity index (χ1n) is 9.28. The summed E-state index contributed by atoms with van der Waals surface area (Å²) in [7, 11) is -3.31. The molecule has 2 aliphatic rings. The highest BCUT2D eigenvalue weighted by molar-refractivity contribution is 7.90. The summed E-state index contributed by atoms with van der Waals surface area (Å²) in [6.07, 6.45) is 6.52. The van der Waals surface area contributed by atoms with E-state index in [1.807, 2.05) is 17.5 Å². The first-order valence-corrected chi connectivity index (χ1v) is 11.7. The van der Waals surface area contributed by atoms with Gasteiger partial charge in [0.15, 0.2) is 5.82 Å². The lowest BCUT2D eigenvalue weighted by Crippen LogP contribution is -2.38. The largest absolute Gasteiger partial charge is 0.346 e. The minimum absolute atomic E-state index is 0.146. The van der Waals surface area contributed by atoms with Crippen molar-refractivity contribution in [3.05, 3.63) is 28.0 Å². The Morgan fingerprint density at radius 1 is 1.19 bits per heavy atom. The van der Waals surface area contributed by atoms with Gasteiger partial charge in [-0.05, 0) is 37.1 Å². The predicted octanol–water partition coefficient (Wildman–Crippen LogP) is 2.36. The van der Waals surface area contributed by atoms with Crippen LogP contribution in [0.1, 0.15) is 51.0 Å². The van der Waals surface area contributed by atoms with E-state index in [4.69, 9.17) is 0 Å². The number of thiophene rings is 1. The molecule has 4 rings (SSSR count). The van der Waals surface area contributed by atoms with E-state index in [1.54, 1.807) is 15.9 Å².